The number of ether oxygens (including phenoxy) is 1. The van der Waals surface area contributed by atoms with E-state index in [1.807, 2.05) is 60.7 Å². The van der Waals surface area contributed by atoms with Gasteiger partial charge in [0.25, 0.3) is 5.69 Å². The molecule has 9 nitrogen and oxygen atoms in total. The van der Waals surface area contributed by atoms with Gasteiger partial charge in [-0.1, -0.05) is 78.0 Å². The Morgan fingerprint density at radius 1 is 1.00 bits per heavy atom. The first-order valence-electron chi connectivity index (χ1n) is 10.6. The maximum absolute atomic E-state index is 12.6. The van der Waals surface area contributed by atoms with Crippen LogP contribution in [0.25, 0.3) is 11.4 Å². The number of aromatic nitrogens is 2. The number of amides is 1. The Morgan fingerprint density at radius 3 is 2.41 bits per heavy atom. The first-order valence-corrected chi connectivity index (χ1v) is 10.6. The molecule has 9 heteroatoms. The van der Waals surface area contributed by atoms with Gasteiger partial charge in [0.05, 0.1) is 11.5 Å². The van der Waals surface area contributed by atoms with E-state index >= 15 is 0 Å². The van der Waals surface area contributed by atoms with Crippen LogP contribution in [-0.4, -0.2) is 27.6 Å². The maximum Gasteiger partial charge on any atom is 0.270 e. The summed E-state index contributed by atoms with van der Waals surface area (Å²) in [5, 5.41) is 17.9. The fourth-order valence-corrected chi connectivity index (χ4v) is 3.37. The average Bonchev–Trinajstić information content (AvgIpc) is 3.35. The van der Waals surface area contributed by atoms with E-state index in [2.05, 4.69) is 15.5 Å². The number of nitrogens with zero attached hydrogens (tertiary/aromatic N) is 3. The quantitative estimate of drug-likeness (QED) is 0.278. The van der Waals surface area contributed by atoms with Gasteiger partial charge in [0.1, 0.15) is 12.6 Å². The zero-order valence-corrected chi connectivity index (χ0v) is 18.2. The number of hydrogen-bond donors (Lipinski definition) is 1. The second kappa shape index (κ2) is 11.0. The van der Waals surface area contributed by atoms with Crippen molar-refractivity contribution in [1.82, 2.24) is 15.5 Å². The molecule has 0 bridgehead atoms. The minimum absolute atomic E-state index is 0.0754. The van der Waals surface area contributed by atoms with Crippen LogP contribution in [0.3, 0.4) is 0 Å². The Hall–Kier alpha value is -4.37. The zero-order chi connectivity index (χ0) is 23.8. The van der Waals surface area contributed by atoms with Crippen molar-refractivity contribution in [3.05, 3.63) is 112 Å². The number of nitro benzene ring substituents is 1. The highest BCUT2D eigenvalue weighted by Gasteiger charge is 2.23. The minimum Gasteiger partial charge on any atom is -0.367 e. The SMILES string of the molecule is O=C(COCc1ccccc1)N[C@H](Cc1ccccc1)c1nc(-c2cccc([N+](=O)[O-])c2)no1. The molecule has 0 radical (unpaired) electrons. The number of rotatable bonds is 10. The topological polar surface area (TPSA) is 120 Å². The molecule has 0 aliphatic heterocycles. The molecular weight excluding hydrogens is 436 g/mol. The molecular formula is C25H22N4O5. The van der Waals surface area contributed by atoms with Gasteiger partial charge in [-0.3, -0.25) is 14.9 Å². The Morgan fingerprint density at radius 2 is 1.71 bits per heavy atom. The number of benzene rings is 3. The molecule has 0 saturated carbocycles. The van der Waals surface area contributed by atoms with Gasteiger partial charge >= 0.3 is 0 Å². The van der Waals surface area contributed by atoms with Crippen molar-refractivity contribution in [2.24, 2.45) is 0 Å². The minimum atomic E-state index is -0.602. The molecule has 1 amide bonds. The lowest BCUT2D eigenvalue weighted by Gasteiger charge is -2.15. The number of carbonyl (C=O) groups is 1. The van der Waals surface area contributed by atoms with Crippen molar-refractivity contribution in [1.29, 1.82) is 0 Å². The summed E-state index contributed by atoms with van der Waals surface area (Å²) in [6.45, 7) is 0.182. The maximum atomic E-state index is 12.6. The monoisotopic (exact) mass is 458 g/mol. The normalized spacial score (nSPS) is 11.6. The zero-order valence-electron chi connectivity index (χ0n) is 18.2. The highest BCUT2D eigenvalue weighted by molar-refractivity contribution is 5.77. The summed E-state index contributed by atoms with van der Waals surface area (Å²) in [6.07, 6.45) is 0.418. The number of hydrogen-bond acceptors (Lipinski definition) is 7. The lowest BCUT2D eigenvalue weighted by atomic mass is 10.1. The molecule has 0 fully saturated rings. The summed E-state index contributed by atoms with van der Waals surface area (Å²) in [7, 11) is 0. The van der Waals surface area contributed by atoms with Gasteiger partial charge in [-0.25, -0.2) is 0 Å². The van der Waals surface area contributed by atoms with Crippen LogP contribution in [0, 0.1) is 10.1 Å². The van der Waals surface area contributed by atoms with Crippen molar-refractivity contribution in [3.8, 4) is 11.4 Å². The van der Waals surface area contributed by atoms with Crippen molar-refractivity contribution < 1.29 is 19.0 Å². The summed E-state index contributed by atoms with van der Waals surface area (Å²) in [6, 6.07) is 24.5. The summed E-state index contributed by atoms with van der Waals surface area (Å²) < 4.78 is 11.0. The van der Waals surface area contributed by atoms with E-state index < -0.39 is 11.0 Å². The molecule has 0 aliphatic rings. The molecule has 0 saturated heterocycles. The summed E-state index contributed by atoms with van der Waals surface area (Å²) in [5.41, 5.74) is 2.30. The number of nitro groups is 1. The van der Waals surface area contributed by atoms with Crippen LogP contribution >= 0.6 is 0 Å². The lowest BCUT2D eigenvalue weighted by Crippen LogP contribution is -2.33. The van der Waals surface area contributed by atoms with E-state index in [1.54, 1.807) is 12.1 Å². The van der Waals surface area contributed by atoms with Gasteiger partial charge in [0.2, 0.25) is 17.6 Å². The predicted molar refractivity (Wildman–Crippen MR) is 124 cm³/mol. The second-order valence-electron chi connectivity index (χ2n) is 7.55. The summed E-state index contributed by atoms with van der Waals surface area (Å²) >= 11 is 0. The predicted octanol–water partition coefficient (Wildman–Crippen LogP) is 4.26. The van der Waals surface area contributed by atoms with Crippen molar-refractivity contribution in [2.75, 3.05) is 6.61 Å². The number of carbonyl (C=O) groups excluding carboxylic acids is 1. The fraction of sp³-hybridized carbons (Fsp3) is 0.160. The average molecular weight is 458 g/mol. The van der Waals surface area contributed by atoms with Crippen LogP contribution in [0.1, 0.15) is 23.1 Å². The first kappa shape index (κ1) is 22.8. The molecule has 0 aliphatic carbocycles. The van der Waals surface area contributed by atoms with E-state index in [-0.39, 0.29) is 29.9 Å². The molecule has 3 aromatic carbocycles. The number of nitrogens with one attached hydrogen (secondary N) is 1. The Labute approximate surface area is 195 Å². The van der Waals surface area contributed by atoms with Gasteiger partial charge in [0.15, 0.2) is 0 Å². The van der Waals surface area contributed by atoms with Crippen molar-refractivity contribution >= 4 is 11.6 Å². The highest BCUT2D eigenvalue weighted by Crippen LogP contribution is 2.24. The lowest BCUT2D eigenvalue weighted by molar-refractivity contribution is -0.384. The molecule has 4 rings (SSSR count). The van der Waals surface area contributed by atoms with Gasteiger partial charge in [-0.2, -0.15) is 4.98 Å². The third kappa shape index (κ3) is 6.11. The van der Waals surface area contributed by atoms with E-state index in [0.717, 1.165) is 11.1 Å². The van der Waals surface area contributed by atoms with E-state index in [9.17, 15) is 14.9 Å². The second-order valence-corrected chi connectivity index (χ2v) is 7.55. The third-order valence-electron chi connectivity index (χ3n) is 5.02. The molecule has 1 aromatic heterocycles. The van der Waals surface area contributed by atoms with E-state index in [4.69, 9.17) is 9.26 Å². The van der Waals surface area contributed by atoms with Gasteiger partial charge in [-0.15, -0.1) is 0 Å². The molecule has 0 unspecified atom stereocenters. The first-order chi connectivity index (χ1) is 16.6. The van der Waals surface area contributed by atoms with Crippen LogP contribution in [0.15, 0.2) is 89.5 Å². The van der Waals surface area contributed by atoms with Crippen molar-refractivity contribution in [2.45, 2.75) is 19.1 Å². The van der Waals surface area contributed by atoms with E-state index in [1.165, 1.54) is 12.1 Å². The van der Waals surface area contributed by atoms with Crippen LogP contribution in [-0.2, 0) is 22.6 Å². The molecule has 4 aromatic rings. The molecule has 172 valence electrons. The van der Waals surface area contributed by atoms with Gasteiger partial charge in [0, 0.05) is 24.1 Å². The summed E-state index contributed by atoms with van der Waals surface area (Å²) in [4.78, 5) is 27.6. The molecule has 1 N–H and O–H groups in total. The Bertz CT molecular complexity index is 1240. The number of non-ortho nitro benzene ring substituents is 1. The molecule has 34 heavy (non-hydrogen) atoms. The van der Waals surface area contributed by atoms with Crippen LogP contribution in [0.2, 0.25) is 0 Å². The highest BCUT2D eigenvalue weighted by atomic mass is 16.6. The van der Waals surface area contributed by atoms with Crippen molar-refractivity contribution in [3.63, 3.8) is 0 Å². The largest absolute Gasteiger partial charge is 0.367 e. The summed E-state index contributed by atoms with van der Waals surface area (Å²) in [5.74, 6) is 0.0695. The van der Waals surface area contributed by atoms with E-state index in [0.29, 0.717) is 18.6 Å². The Kier molecular flexibility index (Phi) is 7.36. The fourth-order valence-electron chi connectivity index (χ4n) is 3.37. The van der Waals surface area contributed by atoms with Crippen LogP contribution < -0.4 is 5.32 Å². The van der Waals surface area contributed by atoms with Crippen LogP contribution in [0.4, 0.5) is 5.69 Å². The standard InChI is InChI=1S/C25H22N4O5/c30-23(17-33-16-19-10-5-2-6-11-19)26-22(14-18-8-3-1-4-9-18)25-27-24(28-34-25)20-12-7-13-21(15-20)29(31)32/h1-13,15,22H,14,16-17H2,(H,26,30)/t22-/m1/s1. The Balaban J connectivity index is 1.48. The van der Waals surface area contributed by atoms with Crippen LogP contribution in [0.5, 0.6) is 0 Å². The molecule has 1 heterocycles. The molecule has 1 atom stereocenters. The van der Waals surface area contributed by atoms with Gasteiger partial charge < -0.3 is 14.6 Å². The molecule has 0 spiro atoms. The third-order valence-corrected chi connectivity index (χ3v) is 5.02. The smallest absolute Gasteiger partial charge is 0.270 e. The van der Waals surface area contributed by atoms with Gasteiger partial charge in [-0.05, 0) is 11.1 Å².